The Labute approximate surface area is 137 Å². The number of piperidine rings is 1. The number of ether oxygens (including phenoxy) is 1. The Bertz CT molecular complexity index is 572. The van der Waals surface area contributed by atoms with Crippen molar-refractivity contribution in [1.29, 1.82) is 0 Å². The van der Waals surface area contributed by atoms with Crippen LogP contribution >= 0.6 is 0 Å². The molecule has 1 atom stereocenters. The largest absolute Gasteiger partial charge is 0.390 e. The van der Waals surface area contributed by atoms with E-state index in [1.165, 1.54) is 0 Å². The molecule has 1 unspecified atom stereocenters. The summed E-state index contributed by atoms with van der Waals surface area (Å²) in [5.74, 6) is 0.0475. The van der Waals surface area contributed by atoms with Gasteiger partial charge < -0.3 is 14.7 Å². The molecule has 2 fully saturated rings. The highest BCUT2D eigenvalue weighted by Crippen LogP contribution is 2.39. The van der Waals surface area contributed by atoms with Crippen LogP contribution in [0.5, 0.6) is 0 Å². The van der Waals surface area contributed by atoms with Gasteiger partial charge in [0.1, 0.15) is 0 Å². The summed E-state index contributed by atoms with van der Waals surface area (Å²) in [6.45, 7) is 3.87. The van der Waals surface area contributed by atoms with Crippen molar-refractivity contribution in [1.82, 2.24) is 4.90 Å². The number of hydrogen-bond acceptors (Lipinski definition) is 3. The molecule has 124 valence electrons. The molecule has 4 heteroatoms. The van der Waals surface area contributed by atoms with Crippen LogP contribution < -0.4 is 0 Å². The number of carbonyl (C=O) groups excluding carboxylic acids is 1. The minimum atomic E-state index is -0.641. The molecule has 23 heavy (non-hydrogen) atoms. The lowest BCUT2D eigenvalue weighted by atomic mass is 9.78. The highest BCUT2D eigenvalue weighted by Gasteiger charge is 2.44. The number of rotatable bonds is 2. The molecule has 1 aromatic rings. The maximum Gasteiger partial charge on any atom is 0.246 e. The molecule has 2 aliphatic rings. The maximum atomic E-state index is 12.3. The molecular weight excluding hydrogens is 290 g/mol. The van der Waals surface area contributed by atoms with E-state index in [9.17, 15) is 9.90 Å². The zero-order chi connectivity index (χ0) is 16.3. The maximum absolute atomic E-state index is 12.3. The van der Waals surface area contributed by atoms with Crippen molar-refractivity contribution in [3.8, 4) is 0 Å². The second kappa shape index (κ2) is 6.46. The Kier molecular flexibility index (Phi) is 4.55. The molecule has 0 aliphatic carbocycles. The fraction of sp³-hybridized carbons (Fsp3) is 0.526. The topological polar surface area (TPSA) is 49.8 Å². The van der Waals surface area contributed by atoms with Gasteiger partial charge in [-0.05, 0) is 37.8 Å². The third-order valence-corrected chi connectivity index (χ3v) is 4.96. The summed E-state index contributed by atoms with van der Waals surface area (Å²) in [5, 5.41) is 10.3. The van der Waals surface area contributed by atoms with E-state index >= 15 is 0 Å². The van der Waals surface area contributed by atoms with Crippen LogP contribution in [0.15, 0.2) is 36.4 Å². The lowest BCUT2D eigenvalue weighted by molar-refractivity contribution is -0.174. The summed E-state index contributed by atoms with van der Waals surface area (Å²) in [5.41, 5.74) is 0.139. The lowest BCUT2D eigenvalue weighted by Gasteiger charge is -2.48. The van der Waals surface area contributed by atoms with E-state index in [4.69, 9.17) is 4.74 Å². The van der Waals surface area contributed by atoms with Crippen LogP contribution in [-0.4, -0.2) is 46.8 Å². The first kappa shape index (κ1) is 16.2. The molecule has 0 radical (unpaired) electrons. The average molecular weight is 315 g/mol. The van der Waals surface area contributed by atoms with Gasteiger partial charge >= 0.3 is 0 Å². The van der Waals surface area contributed by atoms with Gasteiger partial charge in [-0.2, -0.15) is 0 Å². The average Bonchev–Trinajstić information content (AvgIpc) is 2.53. The van der Waals surface area contributed by atoms with Crippen LogP contribution in [0.2, 0.25) is 0 Å². The number of amides is 1. The third kappa shape index (κ3) is 4.01. The van der Waals surface area contributed by atoms with Gasteiger partial charge in [-0.15, -0.1) is 0 Å². The molecule has 0 saturated carbocycles. The summed E-state index contributed by atoms with van der Waals surface area (Å²) in [6, 6.07) is 9.84. The SMILES string of the molecule is CC1(O)CCOC2(CCN(C(=O)/C=C/c3ccccc3)CC2)C1. The summed E-state index contributed by atoms with van der Waals surface area (Å²) in [7, 11) is 0. The molecule has 0 aromatic heterocycles. The van der Waals surface area contributed by atoms with Crippen LogP contribution in [0.25, 0.3) is 6.08 Å². The Morgan fingerprint density at radius 1 is 1.22 bits per heavy atom. The van der Waals surface area contributed by atoms with Crippen LogP contribution in [0.1, 0.15) is 38.2 Å². The van der Waals surface area contributed by atoms with Crippen molar-refractivity contribution in [3.63, 3.8) is 0 Å². The minimum Gasteiger partial charge on any atom is -0.390 e. The van der Waals surface area contributed by atoms with Gasteiger partial charge in [-0.3, -0.25) is 4.79 Å². The first-order valence-electron chi connectivity index (χ1n) is 8.37. The lowest BCUT2D eigenvalue weighted by Crippen LogP contribution is -2.54. The number of nitrogens with zero attached hydrogens (tertiary/aromatic N) is 1. The van der Waals surface area contributed by atoms with Crippen molar-refractivity contribution < 1.29 is 14.6 Å². The van der Waals surface area contributed by atoms with Crippen LogP contribution in [0.4, 0.5) is 0 Å². The van der Waals surface area contributed by atoms with E-state index in [2.05, 4.69) is 0 Å². The molecule has 2 heterocycles. The third-order valence-electron chi connectivity index (χ3n) is 4.96. The Hall–Kier alpha value is -1.65. The van der Waals surface area contributed by atoms with Gasteiger partial charge in [0.05, 0.1) is 17.8 Å². The molecule has 1 amide bonds. The Morgan fingerprint density at radius 3 is 2.57 bits per heavy atom. The van der Waals surface area contributed by atoms with Gasteiger partial charge in [0.2, 0.25) is 5.91 Å². The zero-order valence-corrected chi connectivity index (χ0v) is 13.7. The minimum absolute atomic E-state index is 0.0475. The van der Waals surface area contributed by atoms with Gasteiger partial charge in [-0.25, -0.2) is 0 Å². The van der Waals surface area contributed by atoms with Gasteiger partial charge in [0, 0.05) is 25.6 Å². The normalized spacial score (nSPS) is 27.5. The molecular formula is C19H25NO3. The monoisotopic (exact) mass is 315 g/mol. The Morgan fingerprint density at radius 2 is 1.91 bits per heavy atom. The summed E-state index contributed by atoms with van der Waals surface area (Å²) >= 11 is 0. The van der Waals surface area contributed by atoms with Crippen LogP contribution in [-0.2, 0) is 9.53 Å². The summed E-state index contributed by atoms with van der Waals surface area (Å²) < 4.78 is 5.98. The molecule has 4 nitrogen and oxygen atoms in total. The van der Waals surface area contributed by atoms with E-state index in [0.717, 1.165) is 18.4 Å². The number of aliphatic hydroxyl groups is 1. The molecule has 1 N–H and O–H groups in total. The zero-order valence-electron chi connectivity index (χ0n) is 13.7. The molecule has 0 bridgehead atoms. The highest BCUT2D eigenvalue weighted by molar-refractivity contribution is 5.91. The first-order valence-corrected chi connectivity index (χ1v) is 8.37. The van der Waals surface area contributed by atoms with Gasteiger partial charge in [0.25, 0.3) is 0 Å². The summed E-state index contributed by atoms with van der Waals surface area (Å²) in [6.07, 6.45) is 6.46. The molecule has 1 aromatic carbocycles. The van der Waals surface area contributed by atoms with Gasteiger partial charge in [-0.1, -0.05) is 30.3 Å². The molecule has 1 spiro atoms. The van der Waals surface area contributed by atoms with Crippen molar-refractivity contribution in [2.45, 2.75) is 43.8 Å². The predicted molar refractivity (Wildman–Crippen MR) is 89.8 cm³/mol. The van der Waals surface area contributed by atoms with Crippen molar-refractivity contribution in [2.75, 3.05) is 19.7 Å². The molecule has 2 saturated heterocycles. The smallest absolute Gasteiger partial charge is 0.246 e. The van der Waals surface area contributed by atoms with Gasteiger partial charge in [0.15, 0.2) is 0 Å². The fourth-order valence-corrected chi connectivity index (χ4v) is 3.61. The second-order valence-corrected chi connectivity index (χ2v) is 7.02. The highest BCUT2D eigenvalue weighted by atomic mass is 16.5. The van der Waals surface area contributed by atoms with Crippen LogP contribution in [0, 0.1) is 0 Å². The van der Waals surface area contributed by atoms with Crippen molar-refractivity contribution in [3.05, 3.63) is 42.0 Å². The molecule has 2 aliphatic heterocycles. The van der Waals surface area contributed by atoms with E-state index in [1.807, 2.05) is 48.2 Å². The Balaban J connectivity index is 1.56. The molecule has 3 rings (SSSR count). The number of benzene rings is 1. The van der Waals surface area contributed by atoms with Crippen molar-refractivity contribution >= 4 is 12.0 Å². The second-order valence-electron chi connectivity index (χ2n) is 7.02. The number of likely N-dealkylation sites (tertiary alicyclic amines) is 1. The van der Waals surface area contributed by atoms with E-state index < -0.39 is 5.60 Å². The number of hydrogen-bond donors (Lipinski definition) is 1. The van der Waals surface area contributed by atoms with Crippen LogP contribution in [0.3, 0.4) is 0 Å². The standard InChI is InChI=1S/C19H25NO3/c1-18(22)11-14-23-19(15-18)9-12-20(13-10-19)17(21)8-7-16-5-3-2-4-6-16/h2-8,22H,9-15H2,1H3/b8-7+. The fourth-order valence-electron chi connectivity index (χ4n) is 3.61. The predicted octanol–water partition coefficient (Wildman–Crippen LogP) is 2.62. The van der Waals surface area contributed by atoms with E-state index in [-0.39, 0.29) is 11.5 Å². The van der Waals surface area contributed by atoms with E-state index in [0.29, 0.717) is 32.5 Å². The quantitative estimate of drug-likeness (QED) is 0.854. The van der Waals surface area contributed by atoms with E-state index in [1.54, 1.807) is 6.08 Å². The van der Waals surface area contributed by atoms with Crippen molar-refractivity contribution in [2.24, 2.45) is 0 Å². The first-order chi connectivity index (χ1) is 11.0. The number of carbonyl (C=O) groups is 1. The summed E-state index contributed by atoms with van der Waals surface area (Å²) in [4.78, 5) is 14.2.